The number of carbonyl (C=O) groups excluding carboxylic acids is 1. The molecule has 0 fully saturated rings. The summed E-state index contributed by atoms with van der Waals surface area (Å²) in [5, 5.41) is 2.39. The molecule has 27 heavy (non-hydrogen) atoms. The molecule has 0 saturated carbocycles. The number of para-hydroxylation sites is 2. The highest BCUT2D eigenvalue weighted by molar-refractivity contribution is 7.92. The third-order valence-electron chi connectivity index (χ3n) is 3.78. The first-order chi connectivity index (χ1) is 12.7. The molecular formula is C17H14F3NO5S. The van der Waals surface area contributed by atoms with E-state index in [4.69, 9.17) is 9.47 Å². The molecule has 2 aromatic rings. The Balaban J connectivity index is 1.73. The number of ether oxygens (including phenoxy) is 2. The van der Waals surface area contributed by atoms with Gasteiger partial charge in [-0.05, 0) is 24.3 Å². The van der Waals surface area contributed by atoms with Gasteiger partial charge in [-0.15, -0.1) is 0 Å². The lowest BCUT2D eigenvalue weighted by Crippen LogP contribution is -2.41. The molecule has 0 aliphatic carbocycles. The number of fused-ring (bicyclic) bond motifs is 1. The van der Waals surface area contributed by atoms with E-state index in [1.807, 2.05) is 0 Å². The Kier molecular flexibility index (Phi) is 5.01. The molecule has 0 radical (unpaired) electrons. The number of nitrogens with one attached hydrogen (secondary N) is 1. The Bertz CT molecular complexity index is 959. The van der Waals surface area contributed by atoms with Crippen LogP contribution in [0.4, 0.5) is 13.2 Å². The van der Waals surface area contributed by atoms with Gasteiger partial charge in [0.05, 0.1) is 17.0 Å². The number of halogens is 3. The number of sulfone groups is 1. The van der Waals surface area contributed by atoms with E-state index in [9.17, 15) is 26.4 Å². The van der Waals surface area contributed by atoms with Gasteiger partial charge in [0, 0.05) is 0 Å². The Morgan fingerprint density at radius 1 is 1.07 bits per heavy atom. The van der Waals surface area contributed by atoms with Crippen LogP contribution in [0.1, 0.15) is 10.4 Å². The van der Waals surface area contributed by atoms with Crippen LogP contribution < -0.4 is 14.8 Å². The molecule has 0 bridgehead atoms. The maximum Gasteiger partial charge on any atom is 0.501 e. The topological polar surface area (TPSA) is 81.7 Å². The molecule has 3 rings (SSSR count). The van der Waals surface area contributed by atoms with Gasteiger partial charge in [-0.3, -0.25) is 4.79 Å². The molecule has 1 aliphatic heterocycles. The molecular weight excluding hydrogens is 387 g/mol. The molecule has 1 amide bonds. The predicted octanol–water partition coefficient (Wildman–Crippen LogP) is 2.55. The van der Waals surface area contributed by atoms with Crippen molar-refractivity contribution in [3.8, 4) is 11.5 Å². The summed E-state index contributed by atoms with van der Waals surface area (Å²) >= 11 is 0. The standard InChI is InChI=1S/C17H14F3NO5S/c18-17(19,20)27(23,24)15-8-4-1-5-12(15)16(22)21-9-11-10-25-13-6-2-3-7-14(13)26-11/h1-8,11H,9-10H2,(H,21,22)/t11-/m1/s1. The molecule has 0 spiro atoms. The summed E-state index contributed by atoms with van der Waals surface area (Å²) in [5.41, 5.74) is -6.10. The Hall–Kier alpha value is -2.75. The third-order valence-corrected chi connectivity index (χ3v) is 5.33. The molecule has 1 aliphatic rings. The fourth-order valence-electron chi connectivity index (χ4n) is 2.48. The number of rotatable bonds is 4. The summed E-state index contributed by atoms with van der Waals surface area (Å²) in [6.45, 7) is 0.0490. The van der Waals surface area contributed by atoms with Crippen molar-refractivity contribution in [2.45, 2.75) is 16.5 Å². The minimum absolute atomic E-state index is 0.0758. The van der Waals surface area contributed by atoms with Crippen LogP contribution in [0.5, 0.6) is 11.5 Å². The zero-order valence-electron chi connectivity index (χ0n) is 13.7. The lowest BCUT2D eigenvalue weighted by Gasteiger charge is -2.26. The van der Waals surface area contributed by atoms with Crippen LogP contribution in [0.3, 0.4) is 0 Å². The van der Waals surface area contributed by atoms with E-state index in [1.54, 1.807) is 24.3 Å². The molecule has 144 valence electrons. The van der Waals surface area contributed by atoms with Gasteiger partial charge in [0.1, 0.15) is 12.7 Å². The van der Waals surface area contributed by atoms with Crippen LogP contribution in [0.2, 0.25) is 0 Å². The zero-order valence-corrected chi connectivity index (χ0v) is 14.5. The van der Waals surface area contributed by atoms with E-state index in [1.165, 1.54) is 6.07 Å². The lowest BCUT2D eigenvalue weighted by atomic mass is 10.2. The maximum atomic E-state index is 12.8. The second-order valence-corrected chi connectivity index (χ2v) is 7.56. The highest BCUT2D eigenvalue weighted by Gasteiger charge is 2.48. The van der Waals surface area contributed by atoms with Gasteiger partial charge >= 0.3 is 5.51 Å². The van der Waals surface area contributed by atoms with E-state index in [-0.39, 0.29) is 13.2 Å². The first-order valence-corrected chi connectivity index (χ1v) is 9.25. The van der Waals surface area contributed by atoms with Crippen molar-refractivity contribution in [2.75, 3.05) is 13.2 Å². The zero-order chi connectivity index (χ0) is 19.7. The van der Waals surface area contributed by atoms with Gasteiger partial charge in [0.25, 0.3) is 15.7 Å². The fraction of sp³-hybridized carbons (Fsp3) is 0.235. The first kappa shape index (κ1) is 19.0. The number of hydrogen-bond acceptors (Lipinski definition) is 5. The van der Waals surface area contributed by atoms with E-state index in [2.05, 4.69) is 5.32 Å². The normalized spacial score (nSPS) is 16.6. The highest BCUT2D eigenvalue weighted by atomic mass is 32.2. The fourth-order valence-corrected chi connectivity index (χ4v) is 3.44. The summed E-state index contributed by atoms with van der Waals surface area (Å²) in [4.78, 5) is 11.2. The number of benzene rings is 2. The summed E-state index contributed by atoms with van der Waals surface area (Å²) < 4.78 is 72.9. The molecule has 0 unspecified atom stereocenters. The van der Waals surface area contributed by atoms with Crippen LogP contribution in [0.25, 0.3) is 0 Å². The Morgan fingerprint density at radius 3 is 2.41 bits per heavy atom. The van der Waals surface area contributed by atoms with Gasteiger partial charge in [-0.2, -0.15) is 13.2 Å². The van der Waals surface area contributed by atoms with Crippen LogP contribution in [-0.2, 0) is 9.84 Å². The van der Waals surface area contributed by atoms with E-state index in [0.717, 1.165) is 18.2 Å². The van der Waals surface area contributed by atoms with Crippen molar-refractivity contribution in [3.63, 3.8) is 0 Å². The van der Waals surface area contributed by atoms with Crippen LogP contribution >= 0.6 is 0 Å². The SMILES string of the molecule is O=C(NC[C@@H]1COc2ccccc2O1)c1ccccc1S(=O)(=O)C(F)(F)F. The summed E-state index contributed by atoms with van der Waals surface area (Å²) in [7, 11) is -5.65. The highest BCUT2D eigenvalue weighted by Crippen LogP contribution is 2.32. The third kappa shape index (κ3) is 3.85. The van der Waals surface area contributed by atoms with Gasteiger partial charge in [0.2, 0.25) is 0 Å². The average Bonchev–Trinajstić information content (AvgIpc) is 2.65. The largest absolute Gasteiger partial charge is 0.501 e. The van der Waals surface area contributed by atoms with Gasteiger partial charge in [0.15, 0.2) is 11.5 Å². The monoisotopic (exact) mass is 401 g/mol. The number of carbonyl (C=O) groups is 1. The summed E-state index contributed by atoms with van der Waals surface area (Å²) in [5.74, 6) is 0.0608. The second kappa shape index (κ2) is 7.10. The smallest absolute Gasteiger partial charge is 0.486 e. The summed E-state index contributed by atoms with van der Waals surface area (Å²) in [6, 6.07) is 11.0. The Labute approximate surface area is 152 Å². The van der Waals surface area contributed by atoms with Crippen molar-refractivity contribution >= 4 is 15.7 Å². The number of alkyl halides is 3. The van der Waals surface area contributed by atoms with Crippen LogP contribution in [0.15, 0.2) is 53.4 Å². The van der Waals surface area contributed by atoms with Crippen molar-refractivity contribution in [1.82, 2.24) is 5.32 Å². The molecule has 1 N–H and O–H groups in total. The van der Waals surface area contributed by atoms with Crippen molar-refractivity contribution in [3.05, 3.63) is 54.1 Å². The van der Waals surface area contributed by atoms with E-state index in [0.29, 0.717) is 11.5 Å². The molecule has 0 aromatic heterocycles. The van der Waals surface area contributed by atoms with Crippen LogP contribution in [-0.4, -0.2) is 39.1 Å². The van der Waals surface area contributed by atoms with E-state index >= 15 is 0 Å². The van der Waals surface area contributed by atoms with Crippen molar-refractivity contribution in [2.24, 2.45) is 0 Å². The molecule has 1 atom stereocenters. The maximum absolute atomic E-state index is 12.8. The molecule has 10 heteroatoms. The first-order valence-electron chi connectivity index (χ1n) is 7.77. The molecule has 1 heterocycles. The van der Waals surface area contributed by atoms with Gasteiger partial charge < -0.3 is 14.8 Å². The van der Waals surface area contributed by atoms with Crippen molar-refractivity contribution in [1.29, 1.82) is 0 Å². The van der Waals surface area contributed by atoms with Gasteiger partial charge in [-0.1, -0.05) is 24.3 Å². The minimum atomic E-state index is -5.65. The van der Waals surface area contributed by atoms with Crippen LogP contribution in [0, 0.1) is 0 Å². The minimum Gasteiger partial charge on any atom is -0.486 e. The number of hydrogen-bond donors (Lipinski definition) is 1. The van der Waals surface area contributed by atoms with Crippen molar-refractivity contribution < 1.29 is 35.9 Å². The average molecular weight is 401 g/mol. The predicted molar refractivity (Wildman–Crippen MR) is 88.4 cm³/mol. The molecule has 2 aromatic carbocycles. The summed E-state index contributed by atoms with van der Waals surface area (Å²) in [6.07, 6.45) is -0.574. The number of amides is 1. The molecule has 0 saturated heterocycles. The molecule has 6 nitrogen and oxygen atoms in total. The second-order valence-electron chi connectivity index (χ2n) is 5.65. The van der Waals surface area contributed by atoms with E-state index < -0.39 is 37.8 Å². The Morgan fingerprint density at radius 2 is 1.70 bits per heavy atom. The van der Waals surface area contributed by atoms with Gasteiger partial charge in [-0.25, -0.2) is 8.42 Å². The lowest BCUT2D eigenvalue weighted by molar-refractivity contribution is -0.0436. The quantitative estimate of drug-likeness (QED) is 0.852.